The summed E-state index contributed by atoms with van der Waals surface area (Å²) in [5.74, 6) is -0.342. The van der Waals surface area contributed by atoms with Crippen molar-refractivity contribution in [3.63, 3.8) is 0 Å². The van der Waals surface area contributed by atoms with Crippen LogP contribution >= 0.6 is 0 Å². The Hall–Kier alpha value is -1.69. The predicted molar refractivity (Wildman–Crippen MR) is 86.6 cm³/mol. The summed E-state index contributed by atoms with van der Waals surface area (Å²) in [5, 5.41) is 3.31. The monoisotopic (exact) mass is 323 g/mol. The van der Waals surface area contributed by atoms with Gasteiger partial charge in [-0.05, 0) is 52.7 Å². The third-order valence-electron chi connectivity index (χ3n) is 3.61. The fourth-order valence-electron chi connectivity index (χ4n) is 2.28. The first-order chi connectivity index (χ1) is 10.8. The highest BCUT2D eigenvalue weighted by molar-refractivity contribution is 5.69. The first-order valence-corrected chi connectivity index (χ1v) is 8.11. The lowest BCUT2D eigenvalue weighted by atomic mass is 10.2. The number of halogens is 1. The number of carbonyl (C=O) groups excluding carboxylic acids is 1. The van der Waals surface area contributed by atoms with Gasteiger partial charge >= 0.3 is 6.09 Å². The van der Waals surface area contributed by atoms with Crippen molar-refractivity contribution in [2.45, 2.75) is 58.2 Å². The smallest absolute Gasteiger partial charge is 0.410 e. The van der Waals surface area contributed by atoms with E-state index < -0.39 is 5.60 Å². The van der Waals surface area contributed by atoms with Crippen LogP contribution in [0.4, 0.5) is 9.18 Å². The van der Waals surface area contributed by atoms with Crippen LogP contribution in [0, 0.1) is 5.82 Å². The molecule has 23 heavy (non-hydrogen) atoms. The van der Waals surface area contributed by atoms with E-state index in [-0.39, 0.29) is 18.0 Å². The SMILES string of the molecule is CC(NCCN(C(=O)OC(C)(C)C)C1CC1)c1ccc(F)cn1. The van der Waals surface area contributed by atoms with E-state index in [2.05, 4.69) is 10.3 Å². The number of amides is 1. The Morgan fingerprint density at radius 2 is 2.17 bits per heavy atom. The molecule has 1 aromatic rings. The molecule has 0 aromatic carbocycles. The number of rotatable bonds is 6. The molecule has 1 heterocycles. The topological polar surface area (TPSA) is 54.5 Å². The molecule has 1 aliphatic carbocycles. The van der Waals surface area contributed by atoms with Crippen molar-refractivity contribution >= 4 is 6.09 Å². The van der Waals surface area contributed by atoms with Gasteiger partial charge in [-0.25, -0.2) is 9.18 Å². The number of carbonyl (C=O) groups is 1. The average Bonchev–Trinajstić information content (AvgIpc) is 3.26. The highest BCUT2D eigenvalue weighted by Gasteiger charge is 2.34. The number of nitrogens with zero attached hydrogens (tertiary/aromatic N) is 2. The summed E-state index contributed by atoms with van der Waals surface area (Å²) in [4.78, 5) is 18.1. The summed E-state index contributed by atoms with van der Waals surface area (Å²) < 4.78 is 18.3. The van der Waals surface area contributed by atoms with E-state index in [1.165, 1.54) is 12.3 Å². The van der Waals surface area contributed by atoms with Crippen molar-refractivity contribution in [3.05, 3.63) is 29.8 Å². The minimum atomic E-state index is -0.483. The maximum Gasteiger partial charge on any atom is 0.410 e. The quantitative estimate of drug-likeness (QED) is 0.873. The Kier molecular flexibility index (Phi) is 5.57. The van der Waals surface area contributed by atoms with Crippen LogP contribution < -0.4 is 5.32 Å². The van der Waals surface area contributed by atoms with Crippen molar-refractivity contribution < 1.29 is 13.9 Å². The fraction of sp³-hybridized carbons (Fsp3) is 0.647. The lowest BCUT2D eigenvalue weighted by Gasteiger charge is -2.28. The molecule has 0 saturated heterocycles. The lowest BCUT2D eigenvalue weighted by molar-refractivity contribution is 0.0235. The zero-order valence-electron chi connectivity index (χ0n) is 14.3. The van der Waals surface area contributed by atoms with E-state index in [9.17, 15) is 9.18 Å². The number of nitrogens with one attached hydrogen (secondary N) is 1. The third-order valence-corrected chi connectivity index (χ3v) is 3.61. The maximum absolute atomic E-state index is 12.9. The number of ether oxygens (including phenoxy) is 1. The molecule has 0 spiro atoms. The predicted octanol–water partition coefficient (Wildman–Crippen LogP) is 3.27. The Labute approximate surface area is 137 Å². The average molecular weight is 323 g/mol. The van der Waals surface area contributed by atoms with Gasteiger partial charge < -0.3 is 15.0 Å². The van der Waals surface area contributed by atoms with Gasteiger partial charge in [0, 0.05) is 25.2 Å². The molecule has 1 atom stereocenters. The summed E-state index contributed by atoms with van der Waals surface area (Å²) in [6.45, 7) is 8.81. The lowest BCUT2D eigenvalue weighted by Crippen LogP contribution is -2.42. The summed E-state index contributed by atoms with van der Waals surface area (Å²) in [7, 11) is 0. The van der Waals surface area contributed by atoms with E-state index in [0.717, 1.165) is 18.5 Å². The Morgan fingerprint density at radius 3 is 2.70 bits per heavy atom. The van der Waals surface area contributed by atoms with Gasteiger partial charge in [0.15, 0.2) is 0 Å². The number of hydrogen-bond acceptors (Lipinski definition) is 4. The van der Waals surface area contributed by atoms with Gasteiger partial charge in [-0.2, -0.15) is 0 Å². The van der Waals surface area contributed by atoms with Gasteiger partial charge in [0.25, 0.3) is 0 Å². The van der Waals surface area contributed by atoms with E-state index >= 15 is 0 Å². The third kappa shape index (κ3) is 5.78. The van der Waals surface area contributed by atoms with E-state index in [0.29, 0.717) is 19.1 Å². The molecule has 1 aromatic heterocycles. The van der Waals surface area contributed by atoms with Crippen molar-refractivity contribution in [1.82, 2.24) is 15.2 Å². The molecular weight excluding hydrogens is 297 g/mol. The molecule has 5 nitrogen and oxygen atoms in total. The van der Waals surface area contributed by atoms with Crippen molar-refractivity contribution in [3.8, 4) is 0 Å². The minimum absolute atomic E-state index is 0.00436. The molecule has 0 radical (unpaired) electrons. The van der Waals surface area contributed by atoms with E-state index in [1.807, 2.05) is 27.7 Å². The van der Waals surface area contributed by atoms with Crippen molar-refractivity contribution in [2.75, 3.05) is 13.1 Å². The van der Waals surface area contributed by atoms with Crippen LogP contribution in [0.5, 0.6) is 0 Å². The molecule has 1 amide bonds. The summed E-state index contributed by atoms with van der Waals surface area (Å²) in [5.41, 5.74) is 0.296. The molecule has 0 bridgehead atoms. The van der Waals surface area contributed by atoms with E-state index in [1.54, 1.807) is 11.0 Å². The van der Waals surface area contributed by atoms with Crippen LogP contribution in [-0.2, 0) is 4.74 Å². The standard InChI is InChI=1S/C17H26FN3O2/c1-12(15-8-5-13(18)11-20-15)19-9-10-21(14-6-7-14)16(22)23-17(2,3)4/h5,8,11-12,14,19H,6-7,9-10H2,1-4H3. The van der Waals surface area contributed by atoms with Gasteiger partial charge in [0.2, 0.25) is 0 Å². The molecule has 1 unspecified atom stereocenters. The number of pyridine rings is 1. The van der Waals surface area contributed by atoms with Gasteiger partial charge in [-0.3, -0.25) is 4.98 Å². The largest absolute Gasteiger partial charge is 0.444 e. The van der Waals surface area contributed by atoms with Crippen molar-refractivity contribution in [1.29, 1.82) is 0 Å². The Balaban J connectivity index is 1.82. The van der Waals surface area contributed by atoms with Crippen LogP contribution in [0.3, 0.4) is 0 Å². The maximum atomic E-state index is 12.9. The Morgan fingerprint density at radius 1 is 1.48 bits per heavy atom. The highest BCUT2D eigenvalue weighted by Crippen LogP contribution is 2.28. The van der Waals surface area contributed by atoms with Crippen LogP contribution in [0.2, 0.25) is 0 Å². The van der Waals surface area contributed by atoms with Gasteiger partial charge in [0.05, 0.1) is 11.9 Å². The van der Waals surface area contributed by atoms with Gasteiger partial charge in [0.1, 0.15) is 11.4 Å². The second-order valence-corrected chi connectivity index (χ2v) is 6.98. The minimum Gasteiger partial charge on any atom is -0.444 e. The van der Waals surface area contributed by atoms with Crippen molar-refractivity contribution in [2.24, 2.45) is 0 Å². The first-order valence-electron chi connectivity index (χ1n) is 8.11. The van der Waals surface area contributed by atoms with Crippen LogP contribution in [-0.4, -0.2) is 40.7 Å². The zero-order valence-corrected chi connectivity index (χ0v) is 14.3. The second-order valence-electron chi connectivity index (χ2n) is 6.98. The molecule has 1 N–H and O–H groups in total. The zero-order chi connectivity index (χ0) is 17.0. The fourth-order valence-corrected chi connectivity index (χ4v) is 2.28. The normalized spacial score (nSPS) is 16.0. The molecule has 0 aliphatic heterocycles. The molecule has 1 aliphatic rings. The molecule has 6 heteroatoms. The van der Waals surface area contributed by atoms with Crippen LogP contribution in [0.25, 0.3) is 0 Å². The first kappa shape index (κ1) is 17.7. The molecule has 128 valence electrons. The van der Waals surface area contributed by atoms with Gasteiger partial charge in [-0.15, -0.1) is 0 Å². The second kappa shape index (κ2) is 7.25. The van der Waals surface area contributed by atoms with E-state index in [4.69, 9.17) is 4.74 Å². The molecular formula is C17H26FN3O2. The van der Waals surface area contributed by atoms with Crippen LogP contribution in [0.15, 0.2) is 18.3 Å². The molecule has 1 saturated carbocycles. The highest BCUT2D eigenvalue weighted by atomic mass is 19.1. The number of aromatic nitrogens is 1. The summed E-state index contributed by atoms with van der Waals surface area (Å²) >= 11 is 0. The molecule has 2 rings (SSSR count). The Bertz CT molecular complexity index is 524. The summed E-state index contributed by atoms with van der Waals surface area (Å²) in [6, 6.07) is 3.36. The van der Waals surface area contributed by atoms with Gasteiger partial charge in [-0.1, -0.05) is 0 Å². The molecule has 1 fully saturated rings. The number of hydrogen-bond donors (Lipinski definition) is 1. The van der Waals surface area contributed by atoms with Crippen LogP contribution in [0.1, 0.15) is 52.3 Å². The summed E-state index contributed by atoms with van der Waals surface area (Å²) in [6.07, 6.45) is 3.03.